The summed E-state index contributed by atoms with van der Waals surface area (Å²) in [5.74, 6) is 0.807. The van der Waals surface area contributed by atoms with Gasteiger partial charge in [-0.05, 0) is 37.7 Å². The number of nitrogens with one attached hydrogen (secondary N) is 2. The summed E-state index contributed by atoms with van der Waals surface area (Å²) in [6.07, 6.45) is 0. The Morgan fingerprint density at radius 2 is 2.17 bits per heavy atom. The van der Waals surface area contributed by atoms with Crippen LogP contribution in [0.4, 0.5) is 0 Å². The molecule has 0 saturated carbocycles. The molecule has 96 valence electrons. The molecular weight excluding hydrogens is 250 g/mol. The van der Waals surface area contributed by atoms with Crippen LogP contribution in [0.25, 0.3) is 11.3 Å². The minimum absolute atomic E-state index is 0.682. The lowest BCUT2D eigenvalue weighted by atomic mass is 10.1. The van der Waals surface area contributed by atoms with Crippen LogP contribution in [0, 0.1) is 6.92 Å². The molecule has 0 radical (unpaired) electrons. The normalized spacial score (nSPS) is 10.7. The van der Waals surface area contributed by atoms with E-state index >= 15 is 0 Å². The fourth-order valence-electron chi connectivity index (χ4n) is 1.97. The summed E-state index contributed by atoms with van der Waals surface area (Å²) in [5, 5.41) is 11.0. The van der Waals surface area contributed by atoms with Crippen molar-refractivity contribution in [3.63, 3.8) is 0 Å². The molecular formula is C13H16ClN3O. The summed E-state index contributed by atoms with van der Waals surface area (Å²) in [7, 11) is 3.55. The van der Waals surface area contributed by atoms with E-state index in [0.29, 0.717) is 5.02 Å². The Balaban J connectivity index is 2.48. The van der Waals surface area contributed by atoms with E-state index in [1.54, 1.807) is 7.11 Å². The average Bonchev–Trinajstić information content (AvgIpc) is 2.77. The SMILES string of the molecule is CNCc1cc(-c2cc(Cl)cc(C)c2OC)n[nH]1. The number of ether oxygens (including phenoxy) is 1. The highest BCUT2D eigenvalue weighted by atomic mass is 35.5. The Morgan fingerprint density at radius 1 is 1.39 bits per heavy atom. The molecule has 1 aromatic heterocycles. The number of aryl methyl sites for hydroxylation is 1. The van der Waals surface area contributed by atoms with Crippen LogP contribution in [0.15, 0.2) is 18.2 Å². The highest BCUT2D eigenvalue weighted by Gasteiger charge is 2.13. The average molecular weight is 266 g/mol. The number of nitrogens with zero attached hydrogens (tertiary/aromatic N) is 1. The van der Waals surface area contributed by atoms with Crippen molar-refractivity contribution in [1.29, 1.82) is 0 Å². The fourth-order valence-corrected chi connectivity index (χ4v) is 2.24. The van der Waals surface area contributed by atoms with Crippen molar-refractivity contribution >= 4 is 11.6 Å². The van der Waals surface area contributed by atoms with E-state index in [1.165, 1.54) is 0 Å². The van der Waals surface area contributed by atoms with Gasteiger partial charge in [-0.3, -0.25) is 5.10 Å². The second-order valence-electron chi connectivity index (χ2n) is 4.11. The lowest BCUT2D eigenvalue weighted by Gasteiger charge is -2.10. The van der Waals surface area contributed by atoms with Crippen molar-refractivity contribution in [3.8, 4) is 17.0 Å². The van der Waals surface area contributed by atoms with Gasteiger partial charge in [0.15, 0.2) is 0 Å². The van der Waals surface area contributed by atoms with Crippen LogP contribution in [0.2, 0.25) is 5.02 Å². The molecule has 1 aromatic carbocycles. The van der Waals surface area contributed by atoms with E-state index in [-0.39, 0.29) is 0 Å². The van der Waals surface area contributed by atoms with Crippen molar-refractivity contribution < 1.29 is 4.74 Å². The van der Waals surface area contributed by atoms with Crippen molar-refractivity contribution in [2.45, 2.75) is 13.5 Å². The molecule has 0 fully saturated rings. The van der Waals surface area contributed by atoms with Gasteiger partial charge in [-0.1, -0.05) is 11.6 Å². The van der Waals surface area contributed by atoms with E-state index < -0.39 is 0 Å². The van der Waals surface area contributed by atoms with Crippen molar-refractivity contribution in [2.75, 3.05) is 14.2 Å². The second kappa shape index (κ2) is 5.42. The Hall–Kier alpha value is -1.52. The lowest BCUT2D eigenvalue weighted by Crippen LogP contribution is -2.04. The zero-order valence-corrected chi connectivity index (χ0v) is 11.4. The first-order chi connectivity index (χ1) is 8.65. The smallest absolute Gasteiger partial charge is 0.131 e. The number of aromatic amines is 1. The van der Waals surface area contributed by atoms with Gasteiger partial charge in [0.25, 0.3) is 0 Å². The van der Waals surface area contributed by atoms with Crippen molar-refractivity contribution in [2.24, 2.45) is 0 Å². The molecule has 2 aromatic rings. The molecule has 5 heteroatoms. The number of H-pyrrole nitrogens is 1. The predicted molar refractivity (Wildman–Crippen MR) is 73.1 cm³/mol. The summed E-state index contributed by atoms with van der Waals surface area (Å²) in [4.78, 5) is 0. The molecule has 0 aliphatic carbocycles. The van der Waals surface area contributed by atoms with Crippen LogP contribution in [0.1, 0.15) is 11.3 Å². The predicted octanol–water partition coefficient (Wildman–Crippen LogP) is 2.77. The van der Waals surface area contributed by atoms with Crippen molar-refractivity contribution in [1.82, 2.24) is 15.5 Å². The molecule has 0 atom stereocenters. The van der Waals surface area contributed by atoms with Gasteiger partial charge in [0, 0.05) is 22.8 Å². The van der Waals surface area contributed by atoms with Gasteiger partial charge in [0.2, 0.25) is 0 Å². The number of methoxy groups -OCH3 is 1. The first kappa shape index (κ1) is 12.9. The first-order valence-corrected chi connectivity index (χ1v) is 6.07. The topological polar surface area (TPSA) is 49.9 Å². The molecule has 4 nitrogen and oxygen atoms in total. The largest absolute Gasteiger partial charge is 0.496 e. The number of hydrogen-bond acceptors (Lipinski definition) is 3. The van der Waals surface area contributed by atoms with Crippen LogP contribution in [-0.4, -0.2) is 24.4 Å². The Morgan fingerprint density at radius 3 is 2.83 bits per heavy atom. The third-order valence-corrected chi connectivity index (χ3v) is 2.94. The number of benzene rings is 1. The maximum Gasteiger partial charge on any atom is 0.131 e. The number of halogens is 1. The summed E-state index contributed by atoms with van der Waals surface area (Å²) in [5.41, 5.74) is 3.76. The molecule has 2 N–H and O–H groups in total. The van der Waals surface area contributed by atoms with E-state index in [0.717, 1.165) is 34.8 Å². The first-order valence-electron chi connectivity index (χ1n) is 5.69. The number of hydrogen-bond donors (Lipinski definition) is 2. The Bertz CT molecular complexity index is 551. The van der Waals surface area contributed by atoms with Crippen LogP contribution in [-0.2, 0) is 6.54 Å². The van der Waals surface area contributed by atoms with Gasteiger partial charge in [-0.2, -0.15) is 5.10 Å². The Kier molecular flexibility index (Phi) is 3.89. The summed E-state index contributed by atoms with van der Waals surface area (Å²) in [6.45, 7) is 2.71. The van der Waals surface area contributed by atoms with Gasteiger partial charge in [-0.15, -0.1) is 0 Å². The molecule has 1 heterocycles. The molecule has 0 aliphatic rings. The zero-order valence-electron chi connectivity index (χ0n) is 10.7. The van der Waals surface area contributed by atoms with Gasteiger partial charge in [-0.25, -0.2) is 0 Å². The minimum Gasteiger partial charge on any atom is -0.496 e. The molecule has 0 aliphatic heterocycles. The molecule has 0 amide bonds. The molecule has 0 bridgehead atoms. The van der Waals surface area contributed by atoms with Gasteiger partial charge < -0.3 is 10.1 Å². The standard InChI is InChI=1S/C13H16ClN3O/c1-8-4-9(14)5-11(13(8)18-3)12-6-10(7-15-2)16-17-12/h4-6,15H,7H2,1-3H3,(H,16,17). The molecule has 2 rings (SSSR count). The van der Waals surface area contributed by atoms with Gasteiger partial charge in [0.05, 0.1) is 12.8 Å². The Labute approximate surface area is 111 Å². The van der Waals surface area contributed by atoms with Crippen LogP contribution in [0.5, 0.6) is 5.75 Å². The third kappa shape index (κ3) is 2.49. The van der Waals surface area contributed by atoms with Gasteiger partial charge >= 0.3 is 0 Å². The van der Waals surface area contributed by atoms with Crippen LogP contribution in [0.3, 0.4) is 0 Å². The number of rotatable bonds is 4. The number of aromatic nitrogens is 2. The molecule has 0 saturated heterocycles. The van der Waals surface area contributed by atoms with E-state index in [2.05, 4.69) is 15.5 Å². The van der Waals surface area contributed by atoms with E-state index in [9.17, 15) is 0 Å². The van der Waals surface area contributed by atoms with E-state index in [4.69, 9.17) is 16.3 Å². The molecule has 18 heavy (non-hydrogen) atoms. The van der Waals surface area contributed by atoms with Crippen molar-refractivity contribution in [3.05, 3.63) is 34.5 Å². The highest BCUT2D eigenvalue weighted by molar-refractivity contribution is 6.31. The summed E-state index contributed by atoms with van der Waals surface area (Å²) < 4.78 is 5.43. The van der Waals surface area contributed by atoms with E-state index in [1.807, 2.05) is 32.2 Å². The minimum atomic E-state index is 0.682. The van der Waals surface area contributed by atoms with Crippen LogP contribution >= 0.6 is 11.6 Å². The molecule has 0 unspecified atom stereocenters. The summed E-state index contributed by atoms with van der Waals surface area (Å²) >= 11 is 6.09. The third-order valence-electron chi connectivity index (χ3n) is 2.72. The summed E-state index contributed by atoms with van der Waals surface area (Å²) in [6, 6.07) is 5.74. The second-order valence-corrected chi connectivity index (χ2v) is 4.55. The van der Waals surface area contributed by atoms with Crippen LogP contribution < -0.4 is 10.1 Å². The quantitative estimate of drug-likeness (QED) is 0.894. The van der Waals surface area contributed by atoms with Gasteiger partial charge in [0.1, 0.15) is 5.75 Å². The lowest BCUT2D eigenvalue weighted by molar-refractivity contribution is 0.413. The highest BCUT2D eigenvalue weighted by Crippen LogP contribution is 2.34. The maximum atomic E-state index is 6.09. The monoisotopic (exact) mass is 265 g/mol. The fraction of sp³-hybridized carbons (Fsp3) is 0.308. The maximum absolute atomic E-state index is 6.09. The molecule has 0 spiro atoms. The zero-order chi connectivity index (χ0) is 13.1.